The molecule has 1 unspecified atom stereocenters. The van der Waals surface area contributed by atoms with E-state index in [1.54, 1.807) is 18.2 Å². The van der Waals surface area contributed by atoms with Gasteiger partial charge < -0.3 is 19.5 Å². The van der Waals surface area contributed by atoms with Gasteiger partial charge in [-0.1, -0.05) is 26.0 Å². The van der Waals surface area contributed by atoms with Crippen LogP contribution in [0, 0.1) is 5.92 Å². The van der Waals surface area contributed by atoms with Crippen LogP contribution in [0.4, 0.5) is 0 Å². The number of hydrogen-bond acceptors (Lipinski definition) is 6. The van der Waals surface area contributed by atoms with Crippen LogP contribution in [0.15, 0.2) is 47.6 Å². The Kier molecular flexibility index (Phi) is 6.90. The van der Waals surface area contributed by atoms with Crippen LogP contribution in [0.2, 0.25) is 0 Å². The Morgan fingerprint density at radius 1 is 1.17 bits per heavy atom. The molecule has 1 heterocycles. The van der Waals surface area contributed by atoms with Gasteiger partial charge in [0.05, 0.1) is 12.8 Å². The van der Waals surface area contributed by atoms with Crippen molar-refractivity contribution in [3.63, 3.8) is 0 Å². The lowest BCUT2D eigenvalue weighted by Crippen LogP contribution is -2.48. The molecule has 3 rings (SSSR count). The molecule has 0 saturated carbocycles. The highest BCUT2D eigenvalue weighted by Crippen LogP contribution is 2.32. The van der Waals surface area contributed by atoms with E-state index in [0.717, 1.165) is 11.3 Å². The fraction of sp³-hybridized carbons (Fsp3) is 0.318. The van der Waals surface area contributed by atoms with Gasteiger partial charge in [-0.3, -0.25) is 9.59 Å². The van der Waals surface area contributed by atoms with Crippen LogP contribution in [-0.2, 0) is 4.79 Å². The first kappa shape index (κ1) is 21.2. The van der Waals surface area contributed by atoms with Gasteiger partial charge in [0.15, 0.2) is 11.5 Å². The average molecular weight is 411 g/mol. The summed E-state index contributed by atoms with van der Waals surface area (Å²) in [5.74, 6) is 0.898. The van der Waals surface area contributed by atoms with Gasteiger partial charge in [0.25, 0.3) is 11.8 Å². The number of nitrogens with one attached hydrogen (secondary N) is 2. The molecular formula is C22H25N3O5. The molecule has 2 aromatic rings. The first-order valence-corrected chi connectivity index (χ1v) is 9.74. The number of benzene rings is 2. The third-order valence-corrected chi connectivity index (χ3v) is 4.43. The third-order valence-electron chi connectivity index (χ3n) is 4.43. The highest BCUT2D eigenvalue weighted by molar-refractivity contribution is 5.98. The molecule has 30 heavy (non-hydrogen) atoms. The molecule has 8 heteroatoms. The molecule has 158 valence electrons. The van der Waals surface area contributed by atoms with Gasteiger partial charge in [-0.2, -0.15) is 5.10 Å². The zero-order chi connectivity index (χ0) is 21.5. The zero-order valence-electron chi connectivity index (χ0n) is 17.2. The maximum absolute atomic E-state index is 12.6. The van der Waals surface area contributed by atoms with Crippen molar-refractivity contribution >= 4 is 18.0 Å². The number of carbonyl (C=O) groups excluding carboxylic acids is 2. The molecule has 0 saturated heterocycles. The number of hydrogen-bond donors (Lipinski definition) is 2. The average Bonchev–Trinajstić information content (AvgIpc) is 3.20. The van der Waals surface area contributed by atoms with Crippen molar-refractivity contribution in [2.75, 3.05) is 13.4 Å². The van der Waals surface area contributed by atoms with Crippen LogP contribution in [-0.4, -0.2) is 37.5 Å². The minimum absolute atomic E-state index is 0.128. The normalized spacial score (nSPS) is 13.3. The van der Waals surface area contributed by atoms with Crippen molar-refractivity contribution in [2.24, 2.45) is 11.0 Å². The molecule has 2 amide bonds. The zero-order valence-corrected chi connectivity index (χ0v) is 17.2. The maximum Gasteiger partial charge on any atom is 0.262 e. The van der Waals surface area contributed by atoms with Crippen molar-refractivity contribution < 1.29 is 23.8 Å². The molecule has 0 spiro atoms. The molecule has 1 atom stereocenters. The molecule has 0 fully saturated rings. The third kappa shape index (κ3) is 5.28. The number of nitrogens with zero attached hydrogens (tertiary/aromatic N) is 1. The lowest BCUT2D eigenvalue weighted by molar-refractivity contribution is -0.123. The Balaban J connectivity index is 1.62. The number of ether oxygens (including phenoxy) is 3. The SMILES string of the molecule is CCOc1cccc(C=NNC(=O)C(NC(=O)c2ccc3c(c2)OCO3)C(C)C)c1. The summed E-state index contributed by atoms with van der Waals surface area (Å²) in [6.45, 7) is 6.29. The molecule has 8 nitrogen and oxygen atoms in total. The van der Waals surface area contributed by atoms with Gasteiger partial charge in [-0.05, 0) is 48.7 Å². The van der Waals surface area contributed by atoms with E-state index in [0.29, 0.717) is 23.7 Å². The Morgan fingerprint density at radius 3 is 2.73 bits per heavy atom. The van der Waals surface area contributed by atoms with E-state index in [1.807, 2.05) is 45.0 Å². The van der Waals surface area contributed by atoms with Crippen molar-refractivity contribution in [3.8, 4) is 17.2 Å². The van der Waals surface area contributed by atoms with Crippen molar-refractivity contribution in [2.45, 2.75) is 26.8 Å². The lowest BCUT2D eigenvalue weighted by atomic mass is 10.0. The number of hydrazone groups is 1. The molecule has 1 aliphatic rings. The molecule has 2 aromatic carbocycles. The molecule has 0 bridgehead atoms. The van der Waals surface area contributed by atoms with E-state index in [1.165, 1.54) is 6.21 Å². The molecule has 0 aliphatic carbocycles. The van der Waals surface area contributed by atoms with Crippen LogP contribution in [0.3, 0.4) is 0 Å². The Bertz CT molecular complexity index is 942. The van der Waals surface area contributed by atoms with E-state index in [9.17, 15) is 9.59 Å². The van der Waals surface area contributed by atoms with E-state index < -0.39 is 11.9 Å². The summed E-state index contributed by atoms with van der Waals surface area (Å²) in [7, 11) is 0. The van der Waals surface area contributed by atoms with Crippen molar-refractivity contribution in [1.82, 2.24) is 10.7 Å². The largest absolute Gasteiger partial charge is 0.494 e. The topological polar surface area (TPSA) is 98.2 Å². The quantitative estimate of drug-likeness (QED) is 0.514. The standard InChI is InChI=1S/C22H25N3O5/c1-4-28-17-7-5-6-15(10-17)12-23-25-22(27)20(14(2)3)24-21(26)16-8-9-18-19(11-16)30-13-29-18/h5-12,14,20H,4,13H2,1-3H3,(H,24,26)(H,25,27). The summed E-state index contributed by atoms with van der Waals surface area (Å²) in [4.78, 5) is 25.2. The maximum atomic E-state index is 12.6. The van der Waals surface area contributed by atoms with Gasteiger partial charge in [0.1, 0.15) is 11.8 Å². The molecule has 0 aromatic heterocycles. The molecule has 2 N–H and O–H groups in total. The van der Waals surface area contributed by atoms with Crippen LogP contribution in [0.1, 0.15) is 36.7 Å². The summed E-state index contributed by atoms with van der Waals surface area (Å²) in [6, 6.07) is 11.5. The summed E-state index contributed by atoms with van der Waals surface area (Å²) < 4.78 is 16.0. The van der Waals surface area contributed by atoms with Crippen LogP contribution in [0.25, 0.3) is 0 Å². The first-order valence-electron chi connectivity index (χ1n) is 9.74. The molecule has 0 radical (unpaired) electrons. The van der Waals surface area contributed by atoms with Crippen molar-refractivity contribution in [3.05, 3.63) is 53.6 Å². The van der Waals surface area contributed by atoms with E-state index in [-0.39, 0.29) is 18.6 Å². The highest BCUT2D eigenvalue weighted by atomic mass is 16.7. The Morgan fingerprint density at radius 2 is 1.97 bits per heavy atom. The second kappa shape index (κ2) is 9.78. The summed E-state index contributed by atoms with van der Waals surface area (Å²) >= 11 is 0. The Hall–Kier alpha value is -3.55. The van der Waals surface area contributed by atoms with Crippen LogP contribution < -0.4 is 25.0 Å². The van der Waals surface area contributed by atoms with Gasteiger partial charge in [0, 0.05) is 5.56 Å². The summed E-state index contributed by atoms with van der Waals surface area (Å²) in [5, 5.41) is 6.76. The van der Waals surface area contributed by atoms with Gasteiger partial charge in [-0.25, -0.2) is 5.43 Å². The van der Waals surface area contributed by atoms with Crippen LogP contribution in [0.5, 0.6) is 17.2 Å². The highest BCUT2D eigenvalue weighted by Gasteiger charge is 2.25. The van der Waals surface area contributed by atoms with Crippen LogP contribution >= 0.6 is 0 Å². The molecular weight excluding hydrogens is 386 g/mol. The molecule has 1 aliphatic heterocycles. The first-order chi connectivity index (χ1) is 14.5. The smallest absolute Gasteiger partial charge is 0.262 e. The van der Waals surface area contributed by atoms with Crippen molar-refractivity contribution in [1.29, 1.82) is 0 Å². The summed E-state index contributed by atoms with van der Waals surface area (Å²) in [5.41, 5.74) is 3.66. The number of fused-ring (bicyclic) bond motifs is 1. The predicted octanol–water partition coefficient (Wildman–Crippen LogP) is 2.72. The number of carbonyl (C=O) groups is 2. The second-order valence-electron chi connectivity index (χ2n) is 7.00. The van der Waals surface area contributed by atoms with E-state index >= 15 is 0 Å². The minimum Gasteiger partial charge on any atom is -0.494 e. The lowest BCUT2D eigenvalue weighted by Gasteiger charge is -2.20. The number of rotatable bonds is 8. The minimum atomic E-state index is -0.755. The van der Waals surface area contributed by atoms with Gasteiger partial charge in [0.2, 0.25) is 6.79 Å². The van der Waals surface area contributed by atoms with Gasteiger partial charge in [-0.15, -0.1) is 0 Å². The van der Waals surface area contributed by atoms with E-state index in [2.05, 4.69) is 15.8 Å². The number of amides is 2. The monoisotopic (exact) mass is 411 g/mol. The fourth-order valence-corrected chi connectivity index (χ4v) is 2.89. The van der Waals surface area contributed by atoms with Gasteiger partial charge >= 0.3 is 0 Å². The van der Waals surface area contributed by atoms with E-state index in [4.69, 9.17) is 14.2 Å². The predicted molar refractivity (Wildman–Crippen MR) is 112 cm³/mol. The Labute approximate surface area is 175 Å². The summed E-state index contributed by atoms with van der Waals surface area (Å²) in [6.07, 6.45) is 1.53. The fourth-order valence-electron chi connectivity index (χ4n) is 2.89. The second-order valence-corrected chi connectivity index (χ2v) is 7.00.